The Hall–Kier alpha value is -1.69. The molecule has 0 saturated heterocycles. The number of amides is 1. The highest BCUT2D eigenvalue weighted by Crippen LogP contribution is 2.47. The molecular formula is C15H17BrN4O. The summed E-state index contributed by atoms with van der Waals surface area (Å²) in [5, 5.41) is 10.9. The lowest BCUT2D eigenvalue weighted by Gasteiger charge is -2.12. The molecule has 21 heavy (non-hydrogen) atoms. The van der Waals surface area contributed by atoms with Gasteiger partial charge in [-0.2, -0.15) is 0 Å². The number of carbonyl (C=O) groups excluding carboxylic acids is 1. The van der Waals surface area contributed by atoms with Crippen molar-refractivity contribution < 1.29 is 4.79 Å². The predicted molar refractivity (Wildman–Crippen MR) is 82.6 cm³/mol. The number of aromatic nitrogens is 3. The quantitative estimate of drug-likeness (QED) is 0.923. The largest absolute Gasteiger partial charge is 0.346 e. The molecule has 110 valence electrons. The minimum Gasteiger partial charge on any atom is -0.346 e. The first-order chi connectivity index (χ1) is 10.1. The molecule has 0 radical (unpaired) electrons. The molecule has 0 spiro atoms. The zero-order valence-electron chi connectivity index (χ0n) is 12.0. The maximum absolute atomic E-state index is 12.3. The predicted octanol–water partition coefficient (Wildman–Crippen LogP) is 2.56. The Balaban J connectivity index is 1.60. The highest BCUT2D eigenvalue weighted by Gasteiger charge is 2.44. The molecule has 1 fully saturated rings. The molecule has 0 aliphatic heterocycles. The second kappa shape index (κ2) is 5.60. The molecule has 3 atom stereocenters. The van der Waals surface area contributed by atoms with Gasteiger partial charge >= 0.3 is 0 Å². The van der Waals surface area contributed by atoms with E-state index in [0.717, 1.165) is 16.7 Å². The third kappa shape index (κ3) is 3.00. The normalized spacial score (nSPS) is 21.9. The van der Waals surface area contributed by atoms with Crippen LogP contribution in [0.3, 0.4) is 0 Å². The minimum atomic E-state index is -0.129. The molecule has 6 heteroatoms. The van der Waals surface area contributed by atoms with Crippen molar-refractivity contribution in [2.75, 3.05) is 0 Å². The van der Waals surface area contributed by atoms with E-state index in [1.54, 1.807) is 6.33 Å². The van der Waals surface area contributed by atoms with Crippen LogP contribution in [-0.4, -0.2) is 20.7 Å². The zero-order chi connectivity index (χ0) is 15.0. The highest BCUT2D eigenvalue weighted by molar-refractivity contribution is 9.10. The van der Waals surface area contributed by atoms with Crippen LogP contribution in [0.4, 0.5) is 0 Å². The van der Waals surface area contributed by atoms with E-state index in [9.17, 15) is 4.79 Å². The summed E-state index contributed by atoms with van der Waals surface area (Å²) in [6.07, 6.45) is 2.55. The van der Waals surface area contributed by atoms with E-state index in [2.05, 4.69) is 43.6 Å². The molecule has 2 aromatic rings. The van der Waals surface area contributed by atoms with Crippen LogP contribution in [0.1, 0.15) is 36.7 Å². The number of nitrogens with one attached hydrogen (secondary N) is 1. The lowest BCUT2D eigenvalue weighted by molar-refractivity contribution is -0.123. The average molecular weight is 349 g/mol. The fourth-order valence-electron chi connectivity index (χ4n) is 2.63. The van der Waals surface area contributed by atoms with Crippen LogP contribution in [0.25, 0.3) is 0 Å². The number of carbonyl (C=O) groups is 1. The number of halogens is 1. The summed E-state index contributed by atoms with van der Waals surface area (Å²) >= 11 is 3.43. The summed E-state index contributed by atoms with van der Waals surface area (Å²) in [5.41, 5.74) is 1.23. The van der Waals surface area contributed by atoms with Crippen molar-refractivity contribution >= 4 is 21.8 Å². The number of rotatable bonds is 4. The third-order valence-corrected chi connectivity index (χ3v) is 4.45. The molecule has 1 aromatic heterocycles. The fraction of sp³-hybridized carbons (Fsp3) is 0.400. The van der Waals surface area contributed by atoms with Gasteiger partial charge in [0.15, 0.2) is 5.82 Å². The molecule has 1 N–H and O–H groups in total. The van der Waals surface area contributed by atoms with Gasteiger partial charge in [-0.25, -0.2) is 0 Å². The van der Waals surface area contributed by atoms with Crippen LogP contribution in [-0.2, 0) is 11.8 Å². The smallest absolute Gasteiger partial charge is 0.224 e. The molecule has 1 aliphatic rings. The van der Waals surface area contributed by atoms with Crippen molar-refractivity contribution in [1.82, 2.24) is 20.1 Å². The van der Waals surface area contributed by atoms with Gasteiger partial charge < -0.3 is 9.88 Å². The summed E-state index contributed by atoms with van der Waals surface area (Å²) in [5.74, 6) is 1.27. The van der Waals surface area contributed by atoms with E-state index in [-0.39, 0.29) is 17.9 Å². The van der Waals surface area contributed by atoms with E-state index in [4.69, 9.17) is 0 Å². The van der Waals surface area contributed by atoms with E-state index in [1.807, 2.05) is 30.7 Å². The number of benzene rings is 1. The maximum Gasteiger partial charge on any atom is 0.224 e. The molecule has 1 heterocycles. The first kappa shape index (κ1) is 14.3. The van der Waals surface area contributed by atoms with Crippen molar-refractivity contribution in [2.45, 2.75) is 25.3 Å². The van der Waals surface area contributed by atoms with Gasteiger partial charge in [0.1, 0.15) is 6.33 Å². The van der Waals surface area contributed by atoms with Gasteiger partial charge in [-0.1, -0.05) is 28.1 Å². The Kier molecular flexibility index (Phi) is 3.80. The second-order valence-electron chi connectivity index (χ2n) is 5.53. The summed E-state index contributed by atoms with van der Waals surface area (Å²) in [6, 6.07) is 8.06. The van der Waals surface area contributed by atoms with Gasteiger partial charge in [0, 0.05) is 17.4 Å². The Morgan fingerprint density at radius 3 is 2.76 bits per heavy atom. The topological polar surface area (TPSA) is 59.8 Å². The Morgan fingerprint density at radius 1 is 1.43 bits per heavy atom. The summed E-state index contributed by atoms with van der Waals surface area (Å²) < 4.78 is 2.88. The maximum atomic E-state index is 12.3. The minimum absolute atomic E-state index is 0.0712. The van der Waals surface area contributed by atoms with Crippen molar-refractivity contribution in [1.29, 1.82) is 0 Å². The Morgan fingerprint density at radius 2 is 2.14 bits per heavy atom. The van der Waals surface area contributed by atoms with Gasteiger partial charge in [-0.15, -0.1) is 10.2 Å². The zero-order valence-corrected chi connectivity index (χ0v) is 13.5. The monoisotopic (exact) mass is 348 g/mol. The molecular weight excluding hydrogens is 332 g/mol. The van der Waals surface area contributed by atoms with E-state index >= 15 is 0 Å². The van der Waals surface area contributed by atoms with Gasteiger partial charge in [0.05, 0.1) is 6.04 Å². The van der Waals surface area contributed by atoms with E-state index < -0.39 is 0 Å². The average Bonchev–Trinajstić information content (AvgIpc) is 3.14. The van der Waals surface area contributed by atoms with Gasteiger partial charge in [-0.05, 0) is 37.0 Å². The molecule has 1 aliphatic carbocycles. The Labute approximate surface area is 131 Å². The standard InChI is InChI=1S/C15H17BrN4O/c1-9(14-19-17-8-20(14)2)18-15(21)13-7-12(13)10-3-5-11(16)6-4-10/h3-6,8-9,12-13H,7H2,1-2H3,(H,18,21). The van der Waals surface area contributed by atoms with Crippen LogP contribution >= 0.6 is 15.9 Å². The van der Waals surface area contributed by atoms with Gasteiger partial charge in [0.2, 0.25) is 5.91 Å². The SMILES string of the molecule is CC(NC(=O)C1CC1c1ccc(Br)cc1)c1nncn1C. The van der Waals surface area contributed by atoms with Crippen molar-refractivity contribution in [3.63, 3.8) is 0 Å². The van der Waals surface area contributed by atoms with Crippen LogP contribution in [0.15, 0.2) is 35.1 Å². The molecule has 1 saturated carbocycles. The molecule has 5 nitrogen and oxygen atoms in total. The second-order valence-corrected chi connectivity index (χ2v) is 6.45. The fourth-order valence-corrected chi connectivity index (χ4v) is 2.90. The molecule has 3 unspecified atom stereocenters. The molecule has 1 aromatic carbocycles. The first-order valence-electron chi connectivity index (χ1n) is 6.96. The summed E-state index contributed by atoms with van der Waals surface area (Å²) in [7, 11) is 1.87. The van der Waals surface area contributed by atoms with Crippen molar-refractivity contribution in [3.05, 3.63) is 46.5 Å². The van der Waals surface area contributed by atoms with Crippen LogP contribution in [0.2, 0.25) is 0 Å². The summed E-state index contributed by atoms with van der Waals surface area (Å²) in [6.45, 7) is 1.93. The lowest BCUT2D eigenvalue weighted by Crippen LogP contribution is -2.30. The number of aryl methyl sites for hydroxylation is 1. The van der Waals surface area contributed by atoms with Crippen LogP contribution in [0, 0.1) is 5.92 Å². The van der Waals surface area contributed by atoms with E-state index in [1.165, 1.54) is 5.56 Å². The molecule has 1 amide bonds. The lowest BCUT2D eigenvalue weighted by atomic mass is 10.1. The highest BCUT2D eigenvalue weighted by atomic mass is 79.9. The number of hydrogen-bond donors (Lipinski definition) is 1. The number of hydrogen-bond acceptors (Lipinski definition) is 3. The molecule has 3 rings (SSSR count). The van der Waals surface area contributed by atoms with Crippen LogP contribution in [0.5, 0.6) is 0 Å². The van der Waals surface area contributed by atoms with Crippen molar-refractivity contribution in [3.8, 4) is 0 Å². The van der Waals surface area contributed by atoms with Gasteiger partial charge in [-0.3, -0.25) is 4.79 Å². The Bertz CT molecular complexity index is 652. The third-order valence-electron chi connectivity index (χ3n) is 3.92. The van der Waals surface area contributed by atoms with Gasteiger partial charge in [0.25, 0.3) is 0 Å². The van der Waals surface area contributed by atoms with Crippen molar-refractivity contribution in [2.24, 2.45) is 13.0 Å². The number of nitrogens with zero attached hydrogens (tertiary/aromatic N) is 3. The van der Waals surface area contributed by atoms with Crippen LogP contribution < -0.4 is 5.32 Å². The van der Waals surface area contributed by atoms with E-state index in [0.29, 0.717) is 5.92 Å². The molecule has 0 bridgehead atoms. The first-order valence-corrected chi connectivity index (χ1v) is 7.75. The summed E-state index contributed by atoms with van der Waals surface area (Å²) in [4.78, 5) is 12.3.